The fourth-order valence-corrected chi connectivity index (χ4v) is 2.94. The van der Waals surface area contributed by atoms with Crippen LogP contribution in [0.25, 0.3) is 0 Å². The van der Waals surface area contributed by atoms with Crippen molar-refractivity contribution >= 4 is 0 Å². The zero-order chi connectivity index (χ0) is 12.5. The molecule has 4 nitrogen and oxygen atoms in total. The highest BCUT2D eigenvalue weighted by Crippen LogP contribution is 2.38. The predicted molar refractivity (Wildman–Crippen MR) is 67.3 cm³/mol. The van der Waals surface area contributed by atoms with E-state index in [1.165, 1.54) is 19.3 Å². The number of morpholine rings is 1. The van der Waals surface area contributed by atoms with Crippen LogP contribution in [-0.4, -0.2) is 47.5 Å². The third kappa shape index (κ3) is 2.99. The summed E-state index contributed by atoms with van der Waals surface area (Å²) in [6.07, 6.45) is 3.67. The third-order valence-electron chi connectivity index (χ3n) is 3.84. The first-order valence-corrected chi connectivity index (χ1v) is 6.73. The Bertz CT molecular complexity index is 244. The number of nitrogens with zero attached hydrogens (tertiary/aromatic N) is 2. The lowest BCUT2D eigenvalue weighted by molar-refractivity contribution is -0.401. The van der Waals surface area contributed by atoms with Crippen molar-refractivity contribution in [2.45, 2.75) is 58.0 Å². The monoisotopic (exact) mass is 242 g/mol. The molecule has 0 aliphatic carbocycles. The summed E-state index contributed by atoms with van der Waals surface area (Å²) in [5.74, 6) is 0. The summed E-state index contributed by atoms with van der Waals surface area (Å²) >= 11 is 0. The summed E-state index contributed by atoms with van der Waals surface area (Å²) in [5, 5.41) is 4.24. The zero-order valence-corrected chi connectivity index (χ0v) is 11.7. The Morgan fingerprint density at radius 2 is 1.47 bits per heavy atom. The second kappa shape index (κ2) is 4.84. The van der Waals surface area contributed by atoms with Crippen molar-refractivity contribution in [3.63, 3.8) is 0 Å². The molecule has 0 unspecified atom stereocenters. The van der Waals surface area contributed by atoms with E-state index < -0.39 is 0 Å². The smallest absolute Gasteiger partial charge is 0.0618 e. The minimum absolute atomic E-state index is 0.111. The van der Waals surface area contributed by atoms with Crippen molar-refractivity contribution in [1.29, 1.82) is 0 Å². The van der Waals surface area contributed by atoms with E-state index >= 15 is 0 Å². The average molecular weight is 242 g/mol. The van der Waals surface area contributed by atoms with Crippen LogP contribution in [-0.2, 0) is 9.68 Å². The zero-order valence-electron chi connectivity index (χ0n) is 11.7. The van der Waals surface area contributed by atoms with E-state index in [0.717, 1.165) is 26.3 Å². The van der Waals surface area contributed by atoms with Crippen LogP contribution in [0.2, 0.25) is 0 Å². The number of hydrogen-bond donors (Lipinski definition) is 0. The molecule has 0 aromatic carbocycles. The molecule has 0 saturated carbocycles. The minimum atomic E-state index is 0.111. The van der Waals surface area contributed by atoms with Crippen LogP contribution in [0.4, 0.5) is 0 Å². The van der Waals surface area contributed by atoms with Gasteiger partial charge in [-0.2, -0.15) is 10.1 Å². The second-order valence-corrected chi connectivity index (χ2v) is 6.40. The molecule has 0 bridgehead atoms. The van der Waals surface area contributed by atoms with E-state index in [1.54, 1.807) is 0 Å². The molecule has 0 radical (unpaired) electrons. The van der Waals surface area contributed by atoms with Gasteiger partial charge in [0.15, 0.2) is 0 Å². The first-order chi connectivity index (χ1) is 7.92. The van der Waals surface area contributed by atoms with Gasteiger partial charge >= 0.3 is 0 Å². The molecule has 17 heavy (non-hydrogen) atoms. The SMILES string of the molecule is CC1(C)CCCC(C)(C)N1ON1CCOCC1. The third-order valence-corrected chi connectivity index (χ3v) is 3.84. The Hall–Kier alpha value is -0.160. The molecule has 4 heteroatoms. The van der Waals surface area contributed by atoms with Crippen LogP contribution >= 0.6 is 0 Å². The molecular formula is C13H26N2O2. The van der Waals surface area contributed by atoms with Crippen LogP contribution in [0.5, 0.6) is 0 Å². The second-order valence-electron chi connectivity index (χ2n) is 6.40. The highest BCUT2D eigenvalue weighted by atomic mass is 16.8. The van der Waals surface area contributed by atoms with E-state index in [0.29, 0.717) is 0 Å². The highest BCUT2D eigenvalue weighted by molar-refractivity contribution is 4.92. The van der Waals surface area contributed by atoms with Gasteiger partial charge in [-0.15, -0.1) is 0 Å². The fraction of sp³-hybridized carbons (Fsp3) is 1.00. The molecule has 0 aromatic heterocycles. The molecular weight excluding hydrogens is 216 g/mol. The summed E-state index contributed by atoms with van der Waals surface area (Å²) < 4.78 is 5.35. The van der Waals surface area contributed by atoms with Gasteiger partial charge in [-0.3, -0.25) is 0 Å². The minimum Gasteiger partial charge on any atom is -0.379 e. The van der Waals surface area contributed by atoms with E-state index in [2.05, 4.69) is 32.8 Å². The lowest BCUT2D eigenvalue weighted by Gasteiger charge is -2.52. The lowest BCUT2D eigenvalue weighted by atomic mass is 9.82. The van der Waals surface area contributed by atoms with Gasteiger partial charge in [-0.05, 0) is 47.0 Å². The fourth-order valence-electron chi connectivity index (χ4n) is 2.94. The van der Waals surface area contributed by atoms with E-state index in [4.69, 9.17) is 9.68 Å². The van der Waals surface area contributed by atoms with Crippen LogP contribution in [0.1, 0.15) is 47.0 Å². The molecule has 0 aromatic rings. The maximum Gasteiger partial charge on any atom is 0.0618 e. The first-order valence-electron chi connectivity index (χ1n) is 6.73. The Balaban J connectivity index is 2.03. The van der Waals surface area contributed by atoms with E-state index in [9.17, 15) is 0 Å². The summed E-state index contributed by atoms with van der Waals surface area (Å²) in [6.45, 7) is 12.4. The Morgan fingerprint density at radius 3 is 2.00 bits per heavy atom. The molecule has 0 atom stereocenters. The largest absolute Gasteiger partial charge is 0.379 e. The summed E-state index contributed by atoms with van der Waals surface area (Å²) in [5.41, 5.74) is 0.222. The van der Waals surface area contributed by atoms with Gasteiger partial charge in [-0.1, -0.05) is 0 Å². The quantitative estimate of drug-likeness (QED) is 0.741. The van der Waals surface area contributed by atoms with Gasteiger partial charge in [0.05, 0.1) is 13.2 Å². The van der Waals surface area contributed by atoms with Gasteiger partial charge < -0.3 is 4.74 Å². The molecule has 2 fully saturated rings. The van der Waals surface area contributed by atoms with Crippen molar-refractivity contribution in [1.82, 2.24) is 10.1 Å². The molecule has 2 aliphatic rings. The normalized spacial score (nSPS) is 30.4. The molecule has 2 heterocycles. The highest BCUT2D eigenvalue weighted by Gasteiger charge is 2.43. The Kier molecular flexibility index (Phi) is 3.78. The van der Waals surface area contributed by atoms with Gasteiger partial charge in [-0.25, -0.2) is 4.94 Å². The molecule has 2 saturated heterocycles. The van der Waals surface area contributed by atoms with Crippen LogP contribution in [0.15, 0.2) is 0 Å². The maximum atomic E-state index is 6.15. The topological polar surface area (TPSA) is 24.9 Å². The summed E-state index contributed by atoms with van der Waals surface area (Å²) in [6, 6.07) is 0. The van der Waals surface area contributed by atoms with Gasteiger partial charge in [0.1, 0.15) is 0 Å². The molecule has 100 valence electrons. The summed E-state index contributed by atoms with van der Waals surface area (Å²) in [4.78, 5) is 6.15. The van der Waals surface area contributed by atoms with Crippen molar-refractivity contribution in [2.75, 3.05) is 26.3 Å². The summed E-state index contributed by atoms with van der Waals surface area (Å²) in [7, 11) is 0. The van der Waals surface area contributed by atoms with E-state index in [1.807, 2.05) is 5.06 Å². The van der Waals surface area contributed by atoms with Crippen molar-refractivity contribution in [3.8, 4) is 0 Å². The Labute approximate surface area is 105 Å². The number of hydrogen-bond acceptors (Lipinski definition) is 4. The van der Waals surface area contributed by atoms with Crippen molar-refractivity contribution in [2.24, 2.45) is 0 Å². The van der Waals surface area contributed by atoms with Gasteiger partial charge in [0.2, 0.25) is 0 Å². The standard InChI is InChI=1S/C13H26N2O2/c1-12(2)6-5-7-13(3,4)15(12)17-14-8-10-16-11-9-14/h5-11H2,1-4H3. The number of ether oxygens (including phenoxy) is 1. The van der Waals surface area contributed by atoms with Crippen LogP contribution in [0, 0.1) is 0 Å². The molecule has 2 rings (SSSR count). The maximum absolute atomic E-state index is 6.15. The Morgan fingerprint density at radius 1 is 0.941 bits per heavy atom. The lowest BCUT2D eigenvalue weighted by Crippen LogP contribution is -2.61. The van der Waals surface area contributed by atoms with E-state index in [-0.39, 0.29) is 11.1 Å². The van der Waals surface area contributed by atoms with Gasteiger partial charge in [0, 0.05) is 24.2 Å². The molecule has 2 aliphatic heterocycles. The predicted octanol–water partition coefficient (Wildman–Crippen LogP) is 2.21. The molecule has 0 spiro atoms. The number of hydroxylamine groups is 4. The molecule has 0 N–H and O–H groups in total. The number of rotatable bonds is 2. The van der Waals surface area contributed by atoms with Gasteiger partial charge in [0.25, 0.3) is 0 Å². The van der Waals surface area contributed by atoms with Crippen molar-refractivity contribution < 1.29 is 9.68 Å². The number of piperidine rings is 1. The first kappa shape index (κ1) is 13.3. The molecule has 0 amide bonds. The van der Waals surface area contributed by atoms with Crippen molar-refractivity contribution in [3.05, 3.63) is 0 Å². The average Bonchev–Trinajstić information content (AvgIpc) is 2.25. The van der Waals surface area contributed by atoms with Crippen LogP contribution < -0.4 is 0 Å². The van der Waals surface area contributed by atoms with Crippen LogP contribution in [0.3, 0.4) is 0 Å².